The van der Waals surface area contributed by atoms with Gasteiger partial charge in [-0.3, -0.25) is 14.9 Å². The van der Waals surface area contributed by atoms with Crippen LogP contribution < -0.4 is 5.73 Å². The van der Waals surface area contributed by atoms with Gasteiger partial charge in [0.1, 0.15) is 0 Å². The molecule has 23 heavy (non-hydrogen) atoms. The Hall–Kier alpha value is -2.04. The van der Waals surface area contributed by atoms with E-state index < -0.39 is 32.1 Å². The number of nitrogens with zero attached hydrogens (tertiary/aromatic N) is 2. The van der Waals surface area contributed by atoms with Gasteiger partial charge in [-0.15, -0.1) is 0 Å². The molecule has 0 spiro atoms. The van der Waals surface area contributed by atoms with Crippen molar-refractivity contribution in [3.8, 4) is 0 Å². The number of carbonyl (C=O) groups is 1. The Morgan fingerprint density at radius 2 is 1.91 bits per heavy atom. The number of carboxylic acids is 1. The molecule has 0 saturated carbocycles. The maximum atomic E-state index is 12.6. The molecule has 0 unspecified atom stereocenters. The summed E-state index contributed by atoms with van der Waals surface area (Å²) in [6, 6.07) is 5.14. The van der Waals surface area contributed by atoms with Crippen LogP contribution in [0.3, 0.4) is 0 Å². The van der Waals surface area contributed by atoms with E-state index in [1.165, 1.54) is 18.2 Å². The second-order valence-corrected chi connectivity index (χ2v) is 7.47. The number of hydrogen-bond acceptors (Lipinski definition) is 6. The number of hydrogen-bond donors (Lipinski definition) is 2. The van der Waals surface area contributed by atoms with Crippen molar-refractivity contribution in [3.63, 3.8) is 0 Å². The van der Waals surface area contributed by atoms with Crippen LogP contribution in [0.15, 0.2) is 29.2 Å². The van der Waals surface area contributed by atoms with E-state index in [-0.39, 0.29) is 37.2 Å². The molecule has 3 N–H and O–H groups in total. The molecule has 10 heteroatoms. The highest BCUT2D eigenvalue weighted by Gasteiger charge is 2.39. The van der Waals surface area contributed by atoms with Gasteiger partial charge in [0.25, 0.3) is 5.69 Å². The maximum Gasteiger partial charge on any atom is 0.305 e. The number of rotatable bonds is 5. The third kappa shape index (κ3) is 3.66. The average molecular weight is 343 g/mol. The van der Waals surface area contributed by atoms with E-state index in [0.29, 0.717) is 0 Å². The minimum Gasteiger partial charge on any atom is -0.481 e. The van der Waals surface area contributed by atoms with Gasteiger partial charge in [0.15, 0.2) is 4.90 Å². The highest BCUT2D eigenvalue weighted by molar-refractivity contribution is 7.89. The normalized spacial score (nSPS) is 18.5. The van der Waals surface area contributed by atoms with Crippen molar-refractivity contribution in [3.05, 3.63) is 34.4 Å². The van der Waals surface area contributed by atoms with Gasteiger partial charge in [0.05, 0.1) is 11.3 Å². The third-order valence-corrected chi connectivity index (χ3v) is 5.85. The summed E-state index contributed by atoms with van der Waals surface area (Å²) in [5, 5.41) is 19.9. The first-order valence-electron chi connectivity index (χ1n) is 6.90. The first kappa shape index (κ1) is 17.3. The molecular formula is C13H17N3O6S. The molecule has 1 aliphatic rings. The van der Waals surface area contributed by atoms with Crippen LogP contribution in [-0.2, 0) is 14.8 Å². The van der Waals surface area contributed by atoms with Crippen molar-refractivity contribution in [1.82, 2.24) is 4.31 Å². The van der Waals surface area contributed by atoms with Crippen molar-refractivity contribution in [2.75, 3.05) is 13.1 Å². The zero-order chi connectivity index (χ0) is 17.3. The Bertz CT molecular complexity index is 725. The molecule has 0 atom stereocenters. The van der Waals surface area contributed by atoms with E-state index in [0.717, 1.165) is 10.4 Å². The summed E-state index contributed by atoms with van der Waals surface area (Å²) in [6.07, 6.45) is 0.116. The lowest BCUT2D eigenvalue weighted by atomic mass is 9.86. The molecule has 0 aliphatic carbocycles. The van der Waals surface area contributed by atoms with Gasteiger partial charge >= 0.3 is 5.97 Å². The molecule has 9 nitrogen and oxygen atoms in total. The van der Waals surface area contributed by atoms with Gasteiger partial charge in [0.2, 0.25) is 10.0 Å². The van der Waals surface area contributed by atoms with Crippen molar-refractivity contribution in [2.24, 2.45) is 5.73 Å². The zero-order valence-corrected chi connectivity index (χ0v) is 13.0. The molecule has 1 aromatic carbocycles. The SMILES string of the molecule is NC1(CC(=O)O)CCN(S(=O)(=O)c2ccccc2[N+](=O)[O-])CC1. The van der Waals surface area contributed by atoms with Crippen LogP contribution >= 0.6 is 0 Å². The molecule has 1 fully saturated rings. The second-order valence-electron chi connectivity index (χ2n) is 5.56. The number of benzene rings is 1. The smallest absolute Gasteiger partial charge is 0.305 e. The van der Waals surface area contributed by atoms with Gasteiger partial charge in [-0.25, -0.2) is 8.42 Å². The van der Waals surface area contributed by atoms with E-state index in [2.05, 4.69) is 0 Å². The molecule has 1 aromatic rings. The molecule has 1 aliphatic heterocycles. The monoisotopic (exact) mass is 343 g/mol. The number of nitro benzene ring substituents is 1. The number of piperidine rings is 1. The van der Waals surface area contributed by atoms with E-state index in [1.54, 1.807) is 0 Å². The Kier molecular flexibility index (Phi) is 4.68. The summed E-state index contributed by atoms with van der Waals surface area (Å²) in [5.41, 5.74) is 4.53. The van der Waals surface area contributed by atoms with Crippen LogP contribution in [0.4, 0.5) is 5.69 Å². The van der Waals surface area contributed by atoms with Gasteiger partial charge < -0.3 is 10.8 Å². The number of aliphatic carboxylic acids is 1. The number of sulfonamides is 1. The first-order chi connectivity index (χ1) is 10.7. The lowest BCUT2D eigenvalue weighted by molar-refractivity contribution is -0.387. The standard InChI is InChI=1S/C13H17N3O6S/c14-13(9-12(17)18)5-7-15(8-6-13)23(21,22)11-4-2-1-3-10(11)16(19)20/h1-4H,5-9,14H2,(H,17,18). The van der Waals surface area contributed by atoms with Gasteiger partial charge in [-0.05, 0) is 18.9 Å². The van der Waals surface area contributed by atoms with Gasteiger partial charge in [0, 0.05) is 24.7 Å². The van der Waals surface area contributed by atoms with E-state index >= 15 is 0 Å². The minimum atomic E-state index is -4.03. The fraction of sp³-hybridized carbons (Fsp3) is 0.462. The number of carboxylic acid groups (broad SMARTS) is 1. The highest BCUT2D eigenvalue weighted by Crippen LogP contribution is 2.31. The number of nitrogens with two attached hydrogens (primary N) is 1. The fourth-order valence-corrected chi connectivity index (χ4v) is 4.21. The van der Waals surface area contributed by atoms with Crippen LogP contribution in [0.5, 0.6) is 0 Å². The molecule has 1 heterocycles. The van der Waals surface area contributed by atoms with Crippen LogP contribution in [0.25, 0.3) is 0 Å². The maximum absolute atomic E-state index is 12.6. The average Bonchev–Trinajstić information content (AvgIpc) is 2.46. The van der Waals surface area contributed by atoms with Crippen molar-refractivity contribution < 1.29 is 23.2 Å². The predicted octanol–water partition coefficient (Wildman–Crippen LogP) is 0.552. The van der Waals surface area contributed by atoms with E-state index in [4.69, 9.17) is 10.8 Å². The number of para-hydroxylation sites is 1. The lowest BCUT2D eigenvalue weighted by Crippen LogP contribution is -2.52. The molecule has 0 amide bonds. The Balaban J connectivity index is 2.23. The van der Waals surface area contributed by atoms with Gasteiger partial charge in [-0.2, -0.15) is 4.31 Å². The summed E-state index contributed by atoms with van der Waals surface area (Å²) in [6.45, 7) is 0.0519. The molecule has 1 saturated heterocycles. The largest absolute Gasteiger partial charge is 0.481 e. The van der Waals surface area contributed by atoms with Crippen molar-refractivity contribution >= 4 is 21.7 Å². The quantitative estimate of drug-likeness (QED) is 0.586. The van der Waals surface area contributed by atoms with E-state index in [1.807, 2.05) is 0 Å². The van der Waals surface area contributed by atoms with Crippen molar-refractivity contribution in [1.29, 1.82) is 0 Å². The predicted molar refractivity (Wildman–Crippen MR) is 80.3 cm³/mol. The summed E-state index contributed by atoms with van der Waals surface area (Å²) in [4.78, 5) is 20.7. The topological polar surface area (TPSA) is 144 Å². The van der Waals surface area contributed by atoms with Gasteiger partial charge in [-0.1, -0.05) is 12.1 Å². The zero-order valence-electron chi connectivity index (χ0n) is 12.2. The minimum absolute atomic E-state index is 0.0260. The molecule has 0 radical (unpaired) electrons. The van der Waals surface area contributed by atoms with Crippen LogP contribution in [0.2, 0.25) is 0 Å². The van der Waals surface area contributed by atoms with Crippen LogP contribution in [0, 0.1) is 10.1 Å². The Morgan fingerprint density at radius 3 is 2.43 bits per heavy atom. The Morgan fingerprint density at radius 1 is 1.35 bits per heavy atom. The van der Waals surface area contributed by atoms with Crippen LogP contribution in [0.1, 0.15) is 19.3 Å². The summed E-state index contributed by atoms with van der Waals surface area (Å²) in [7, 11) is -4.03. The first-order valence-corrected chi connectivity index (χ1v) is 8.34. The number of nitro groups is 1. The van der Waals surface area contributed by atoms with Crippen LogP contribution in [-0.4, -0.2) is 47.4 Å². The fourth-order valence-electron chi connectivity index (χ4n) is 2.62. The molecule has 126 valence electrons. The molecular weight excluding hydrogens is 326 g/mol. The summed E-state index contributed by atoms with van der Waals surface area (Å²) in [5.74, 6) is -1.04. The highest BCUT2D eigenvalue weighted by atomic mass is 32.2. The Labute approximate surface area is 132 Å². The molecule has 2 rings (SSSR count). The third-order valence-electron chi connectivity index (χ3n) is 3.90. The van der Waals surface area contributed by atoms with E-state index in [9.17, 15) is 23.3 Å². The van der Waals surface area contributed by atoms with Crippen molar-refractivity contribution in [2.45, 2.75) is 29.7 Å². The second kappa shape index (κ2) is 6.22. The molecule has 0 aromatic heterocycles. The molecule has 0 bridgehead atoms. The summed E-state index contributed by atoms with van der Waals surface area (Å²) < 4.78 is 26.3. The summed E-state index contributed by atoms with van der Waals surface area (Å²) >= 11 is 0. The lowest BCUT2D eigenvalue weighted by Gasteiger charge is -2.37.